The van der Waals surface area contributed by atoms with Crippen LogP contribution in [-0.2, 0) is 10.2 Å². The standard InChI is InChI=1S/C33H37N5O2/c1-7-20(2)32(40)37-16-9-12-26(37)31-36-27(28-30(34)35-15-17-38(28)31)22-13-14-25(21(3)18-22)29(39)23-10-8-11-24(19-23)33(4,5)6/h7-8,10-11,13-15,17-19,26H,9,12,16H2,1-6H3,(H2,34,35)/b20-7-/t26-/m0/s1. The molecule has 1 aliphatic rings. The van der Waals surface area contributed by atoms with E-state index in [4.69, 9.17) is 10.7 Å². The minimum atomic E-state index is -0.164. The lowest BCUT2D eigenvalue weighted by atomic mass is 9.85. The Bertz CT molecular complexity index is 1660. The maximum absolute atomic E-state index is 13.5. The molecule has 7 nitrogen and oxygen atoms in total. The number of fused-ring (bicyclic) bond motifs is 1. The zero-order chi connectivity index (χ0) is 28.8. The molecule has 0 saturated carbocycles. The Kier molecular flexibility index (Phi) is 7.08. The molecule has 0 bridgehead atoms. The van der Waals surface area contributed by atoms with Crippen LogP contribution in [0.5, 0.6) is 0 Å². The van der Waals surface area contributed by atoms with Gasteiger partial charge in [0, 0.05) is 41.2 Å². The van der Waals surface area contributed by atoms with Gasteiger partial charge in [-0.15, -0.1) is 0 Å². The highest BCUT2D eigenvalue weighted by Gasteiger charge is 2.34. The van der Waals surface area contributed by atoms with E-state index in [1.165, 1.54) is 0 Å². The number of likely N-dealkylation sites (tertiary alicyclic amines) is 1. The highest BCUT2D eigenvalue weighted by Crippen LogP contribution is 2.37. The van der Waals surface area contributed by atoms with Gasteiger partial charge in [0.1, 0.15) is 22.9 Å². The average Bonchev–Trinajstić information content (AvgIpc) is 3.57. The molecular weight excluding hydrogens is 498 g/mol. The number of aromatic nitrogens is 3. The third-order valence-electron chi connectivity index (χ3n) is 7.93. The lowest BCUT2D eigenvalue weighted by molar-refractivity contribution is -0.128. The molecule has 2 N–H and O–H groups in total. The fraction of sp³-hybridized carbons (Fsp3) is 0.333. The van der Waals surface area contributed by atoms with Gasteiger partial charge >= 0.3 is 0 Å². The van der Waals surface area contributed by atoms with Crippen LogP contribution in [0.25, 0.3) is 16.8 Å². The first kappa shape index (κ1) is 27.3. The Morgan fingerprint density at radius 2 is 1.90 bits per heavy atom. The van der Waals surface area contributed by atoms with Gasteiger partial charge in [-0.2, -0.15) is 0 Å². The van der Waals surface area contributed by atoms with Crippen molar-refractivity contribution < 1.29 is 9.59 Å². The van der Waals surface area contributed by atoms with E-state index in [-0.39, 0.29) is 23.1 Å². The van der Waals surface area contributed by atoms with Gasteiger partial charge in [-0.05, 0) is 62.3 Å². The predicted molar refractivity (Wildman–Crippen MR) is 159 cm³/mol. The van der Waals surface area contributed by atoms with Crippen molar-refractivity contribution in [1.29, 1.82) is 0 Å². The van der Waals surface area contributed by atoms with Crippen LogP contribution in [0.15, 0.2) is 66.5 Å². The quantitative estimate of drug-likeness (QED) is 0.234. The number of benzene rings is 2. The second-order valence-corrected chi connectivity index (χ2v) is 11.7. The molecule has 0 aliphatic carbocycles. The van der Waals surface area contributed by atoms with Crippen molar-refractivity contribution >= 4 is 23.0 Å². The number of nitrogens with zero attached hydrogens (tertiary/aromatic N) is 4. The van der Waals surface area contributed by atoms with Gasteiger partial charge in [0.15, 0.2) is 5.78 Å². The topological polar surface area (TPSA) is 93.6 Å². The summed E-state index contributed by atoms with van der Waals surface area (Å²) in [4.78, 5) is 38.0. The molecule has 1 amide bonds. The fourth-order valence-electron chi connectivity index (χ4n) is 5.50. The second-order valence-electron chi connectivity index (χ2n) is 11.7. The average molecular weight is 536 g/mol. The number of ketones is 1. The number of allylic oxidation sites excluding steroid dienone is 1. The Hall–Kier alpha value is -4.26. The first-order valence-electron chi connectivity index (χ1n) is 13.8. The maximum Gasteiger partial charge on any atom is 0.249 e. The Morgan fingerprint density at radius 3 is 2.60 bits per heavy atom. The number of aryl methyl sites for hydroxylation is 1. The van der Waals surface area contributed by atoms with E-state index in [9.17, 15) is 9.59 Å². The normalized spacial score (nSPS) is 16.1. The van der Waals surface area contributed by atoms with Crippen molar-refractivity contribution in [3.8, 4) is 11.3 Å². The Morgan fingerprint density at radius 1 is 1.12 bits per heavy atom. The number of rotatable bonds is 5. The molecule has 5 rings (SSSR count). The van der Waals surface area contributed by atoms with Crippen molar-refractivity contribution in [3.63, 3.8) is 0 Å². The van der Waals surface area contributed by atoms with Crippen molar-refractivity contribution in [1.82, 2.24) is 19.3 Å². The second kappa shape index (κ2) is 10.4. The minimum absolute atomic E-state index is 0.00817. The van der Waals surface area contributed by atoms with Gasteiger partial charge < -0.3 is 10.6 Å². The van der Waals surface area contributed by atoms with E-state index < -0.39 is 0 Å². The summed E-state index contributed by atoms with van der Waals surface area (Å²) in [6, 6.07) is 13.5. The summed E-state index contributed by atoms with van der Waals surface area (Å²) < 4.78 is 1.96. The van der Waals surface area contributed by atoms with Crippen LogP contribution in [-0.4, -0.2) is 37.5 Å². The van der Waals surface area contributed by atoms with Crippen LogP contribution in [0.3, 0.4) is 0 Å². The van der Waals surface area contributed by atoms with E-state index in [0.29, 0.717) is 34.7 Å². The number of amides is 1. The Balaban J connectivity index is 1.56. The molecule has 2 aromatic carbocycles. The third kappa shape index (κ3) is 4.81. The lowest BCUT2D eigenvalue weighted by Crippen LogP contribution is -2.32. The van der Waals surface area contributed by atoms with Gasteiger partial charge in [-0.25, -0.2) is 9.97 Å². The van der Waals surface area contributed by atoms with E-state index in [1.54, 1.807) is 6.20 Å². The monoisotopic (exact) mass is 535 g/mol. The highest BCUT2D eigenvalue weighted by molar-refractivity contribution is 6.10. The molecule has 0 radical (unpaired) electrons. The molecule has 2 aromatic heterocycles. The van der Waals surface area contributed by atoms with E-state index in [0.717, 1.165) is 40.9 Å². The van der Waals surface area contributed by atoms with Gasteiger partial charge in [0.2, 0.25) is 5.91 Å². The van der Waals surface area contributed by atoms with Crippen LogP contribution >= 0.6 is 0 Å². The number of imidazole rings is 1. The zero-order valence-electron chi connectivity index (χ0n) is 24.2. The van der Waals surface area contributed by atoms with E-state index in [2.05, 4.69) is 31.8 Å². The molecule has 206 valence electrons. The number of nitrogen functional groups attached to an aromatic ring is 1. The summed E-state index contributed by atoms with van der Waals surface area (Å²) in [7, 11) is 0. The highest BCUT2D eigenvalue weighted by atomic mass is 16.2. The van der Waals surface area contributed by atoms with Crippen LogP contribution in [0.2, 0.25) is 0 Å². The van der Waals surface area contributed by atoms with E-state index >= 15 is 0 Å². The number of carbonyl (C=O) groups excluding carboxylic acids is 2. The predicted octanol–water partition coefficient (Wildman–Crippen LogP) is 6.45. The summed E-state index contributed by atoms with van der Waals surface area (Å²) in [6.45, 7) is 12.8. The first-order chi connectivity index (χ1) is 19.0. The van der Waals surface area contributed by atoms with Crippen LogP contribution in [0, 0.1) is 6.92 Å². The molecule has 1 atom stereocenters. The van der Waals surface area contributed by atoms with Gasteiger partial charge in [-0.3, -0.25) is 14.0 Å². The van der Waals surface area contributed by atoms with Gasteiger partial charge in [-0.1, -0.05) is 57.2 Å². The molecule has 1 fully saturated rings. The Labute approximate surface area is 235 Å². The van der Waals surface area contributed by atoms with Crippen molar-refractivity contribution in [2.24, 2.45) is 0 Å². The summed E-state index contributed by atoms with van der Waals surface area (Å²) in [6.07, 6.45) is 7.09. The smallest absolute Gasteiger partial charge is 0.249 e. The molecule has 3 heterocycles. The number of hydrogen-bond acceptors (Lipinski definition) is 5. The van der Waals surface area contributed by atoms with Crippen LogP contribution in [0.4, 0.5) is 5.82 Å². The third-order valence-corrected chi connectivity index (χ3v) is 7.93. The fourth-order valence-corrected chi connectivity index (χ4v) is 5.50. The lowest BCUT2D eigenvalue weighted by Gasteiger charge is -2.24. The molecule has 1 saturated heterocycles. The SMILES string of the molecule is C/C=C(/C)C(=O)N1CCC[C@H]1c1nc(-c2ccc(C(=O)c3cccc(C(C)(C)C)c3)c(C)c2)c2c(N)nccn12. The molecular formula is C33H37N5O2. The summed E-state index contributed by atoms with van der Waals surface area (Å²) in [5, 5.41) is 0. The van der Waals surface area contributed by atoms with Crippen molar-refractivity contribution in [2.45, 2.75) is 65.8 Å². The molecule has 0 unspecified atom stereocenters. The molecule has 40 heavy (non-hydrogen) atoms. The number of hydrogen-bond donors (Lipinski definition) is 1. The van der Waals surface area contributed by atoms with Crippen molar-refractivity contribution in [2.75, 3.05) is 12.3 Å². The van der Waals surface area contributed by atoms with Gasteiger partial charge in [0.25, 0.3) is 0 Å². The summed E-state index contributed by atoms with van der Waals surface area (Å²) >= 11 is 0. The zero-order valence-corrected chi connectivity index (χ0v) is 24.2. The number of nitrogens with two attached hydrogens (primary N) is 1. The first-order valence-corrected chi connectivity index (χ1v) is 13.8. The van der Waals surface area contributed by atoms with Crippen LogP contribution < -0.4 is 5.73 Å². The van der Waals surface area contributed by atoms with Crippen LogP contribution in [0.1, 0.15) is 86.4 Å². The number of carbonyl (C=O) groups is 2. The molecule has 7 heteroatoms. The molecule has 4 aromatic rings. The van der Waals surface area contributed by atoms with E-state index in [1.807, 2.05) is 78.7 Å². The van der Waals surface area contributed by atoms with Crippen molar-refractivity contribution in [3.05, 3.63) is 94.6 Å². The van der Waals surface area contributed by atoms with Gasteiger partial charge in [0.05, 0.1) is 6.04 Å². The maximum atomic E-state index is 13.5. The minimum Gasteiger partial charge on any atom is -0.382 e. The largest absolute Gasteiger partial charge is 0.382 e. The molecule has 1 aliphatic heterocycles. The molecule has 0 spiro atoms. The summed E-state index contributed by atoms with van der Waals surface area (Å²) in [5.74, 6) is 1.16. The summed E-state index contributed by atoms with van der Waals surface area (Å²) in [5.41, 5.74) is 12.6. The number of anilines is 1.